The number of nitrogens with two attached hydrogens (primary N) is 1. The standard InChI is InChI=1S/C16H27N/c1-12-9-10-14(11-13(12)2)7-6-8-15(17)16(3,4)5/h9-11,15H,6-8,17H2,1-5H3. The molecule has 1 unspecified atom stereocenters. The zero-order valence-electron chi connectivity index (χ0n) is 12.0. The highest BCUT2D eigenvalue weighted by molar-refractivity contribution is 5.29. The van der Waals surface area contributed by atoms with E-state index >= 15 is 0 Å². The highest BCUT2D eigenvalue weighted by atomic mass is 14.7. The molecule has 0 aliphatic carbocycles. The molecule has 0 spiro atoms. The Balaban J connectivity index is 2.44. The van der Waals surface area contributed by atoms with Crippen molar-refractivity contribution in [3.8, 4) is 0 Å². The number of hydrogen-bond donors (Lipinski definition) is 1. The summed E-state index contributed by atoms with van der Waals surface area (Å²) in [7, 11) is 0. The minimum absolute atomic E-state index is 0.225. The summed E-state index contributed by atoms with van der Waals surface area (Å²) in [5, 5.41) is 0. The Morgan fingerprint density at radius 1 is 1.12 bits per heavy atom. The minimum Gasteiger partial charge on any atom is -0.327 e. The maximum absolute atomic E-state index is 6.17. The molecule has 0 heterocycles. The quantitative estimate of drug-likeness (QED) is 0.835. The molecule has 1 aromatic carbocycles. The van der Waals surface area contributed by atoms with E-state index in [2.05, 4.69) is 52.8 Å². The van der Waals surface area contributed by atoms with Gasteiger partial charge in [-0.3, -0.25) is 0 Å². The van der Waals surface area contributed by atoms with Crippen molar-refractivity contribution in [1.82, 2.24) is 0 Å². The summed E-state index contributed by atoms with van der Waals surface area (Å²) in [6.45, 7) is 11.0. The van der Waals surface area contributed by atoms with E-state index in [0.717, 1.165) is 12.8 Å². The minimum atomic E-state index is 0.225. The lowest BCUT2D eigenvalue weighted by atomic mass is 9.84. The molecule has 0 aliphatic heterocycles. The van der Waals surface area contributed by atoms with E-state index < -0.39 is 0 Å². The molecule has 0 saturated carbocycles. The summed E-state index contributed by atoms with van der Waals surface area (Å²) >= 11 is 0. The van der Waals surface area contributed by atoms with Gasteiger partial charge in [0, 0.05) is 6.04 Å². The van der Waals surface area contributed by atoms with Crippen LogP contribution in [0.4, 0.5) is 0 Å². The van der Waals surface area contributed by atoms with Crippen molar-refractivity contribution in [2.45, 2.75) is 59.9 Å². The molecule has 0 saturated heterocycles. The molecule has 0 fully saturated rings. The zero-order valence-corrected chi connectivity index (χ0v) is 12.0. The maximum Gasteiger partial charge on any atom is 0.00877 e. The van der Waals surface area contributed by atoms with Crippen LogP contribution in [-0.2, 0) is 6.42 Å². The van der Waals surface area contributed by atoms with E-state index in [0.29, 0.717) is 6.04 Å². The van der Waals surface area contributed by atoms with Gasteiger partial charge in [0.2, 0.25) is 0 Å². The third-order valence-corrected chi connectivity index (χ3v) is 3.66. The van der Waals surface area contributed by atoms with Crippen LogP contribution in [0.25, 0.3) is 0 Å². The van der Waals surface area contributed by atoms with Crippen LogP contribution in [0, 0.1) is 19.3 Å². The molecule has 1 atom stereocenters. The van der Waals surface area contributed by atoms with Crippen LogP contribution < -0.4 is 5.73 Å². The smallest absolute Gasteiger partial charge is 0.00877 e. The van der Waals surface area contributed by atoms with Gasteiger partial charge in [0.15, 0.2) is 0 Å². The van der Waals surface area contributed by atoms with Crippen molar-refractivity contribution in [2.24, 2.45) is 11.1 Å². The van der Waals surface area contributed by atoms with Crippen LogP contribution in [0.3, 0.4) is 0 Å². The Labute approximate surface area is 106 Å². The first-order valence-corrected chi connectivity index (χ1v) is 6.62. The maximum atomic E-state index is 6.17. The molecule has 1 aromatic rings. The molecule has 0 aromatic heterocycles. The van der Waals surface area contributed by atoms with Gasteiger partial charge in [0.25, 0.3) is 0 Å². The number of benzene rings is 1. The number of rotatable bonds is 4. The second kappa shape index (κ2) is 5.68. The van der Waals surface area contributed by atoms with E-state index in [1.807, 2.05) is 0 Å². The summed E-state index contributed by atoms with van der Waals surface area (Å²) in [5.41, 5.74) is 10.6. The third-order valence-electron chi connectivity index (χ3n) is 3.66. The van der Waals surface area contributed by atoms with Gasteiger partial charge in [0.05, 0.1) is 0 Å². The van der Waals surface area contributed by atoms with Gasteiger partial charge < -0.3 is 5.73 Å². The second-order valence-corrected chi connectivity index (χ2v) is 6.28. The molecule has 17 heavy (non-hydrogen) atoms. The van der Waals surface area contributed by atoms with Gasteiger partial charge in [-0.2, -0.15) is 0 Å². The van der Waals surface area contributed by atoms with Gasteiger partial charge in [-0.1, -0.05) is 39.0 Å². The highest BCUT2D eigenvalue weighted by Gasteiger charge is 2.19. The Morgan fingerprint density at radius 3 is 2.29 bits per heavy atom. The van der Waals surface area contributed by atoms with E-state index in [4.69, 9.17) is 5.73 Å². The topological polar surface area (TPSA) is 26.0 Å². The molecular formula is C16H27N. The SMILES string of the molecule is Cc1ccc(CCCC(N)C(C)(C)C)cc1C. The van der Waals surface area contributed by atoms with Crippen molar-refractivity contribution in [2.75, 3.05) is 0 Å². The average Bonchev–Trinajstić information content (AvgIpc) is 2.22. The molecule has 0 aliphatic rings. The van der Waals surface area contributed by atoms with Gasteiger partial charge in [0.1, 0.15) is 0 Å². The van der Waals surface area contributed by atoms with E-state index in [9.17, 15) is 0 Å². The predicted octanol–water partition coefficient (Wildman–Crippen LogP) is 4.00. The Hall–Kier alpha value is -0.820. The number of aryl methyl sites for hydroxylation is 3. The van der Waals surface area contributed by atoms with Gasteiger partial charge >= 0.3 is 0 Å². The molecule has 0 bridgehead atoms. The summed E-state index contributed by atoms with van der Waals surface area (Å²) in [6, 6.07) is 7.06. The van der Waals surface area contributed by atoms with Crippen LogP contribution in [0.2, 0.25) is 0 Å². The van der Waals surface area contributed by atoms with Crippen molar-refractivity contribution in [3.63, 3.8) is 0 Å². The summed E-state index contributed by atoms with van der Waals surface area (Å²) in [4.78, 5) is 0. The molecular weight excluding hydrogens is 206 g/mol. The lowest BCUT2D eigenvalue weighted by molar-refractivity contribution is 0.301. The predicted molar refractivity (Wildman–Crippen MR) is 76.3 cm³/mol. The molecule has 2 N–H and O–H groups in total. The fraction of sp³-hybridized carbons (Fsp3) is 0.625. The van der Waals surface area contributed by atoms with E-state index in [1.54, 1.807) is 0 Å². The van der Waals surface area contributed by atoms with Crippen LogP contribution in [-0.4, -0.2) is 6.04 Å². The molecule has 1 nitrogen and oxygen atoms in total. The lowest BCUT2D eigenvalue weighted by Gasteiger charge is -2.27. The summed E-state index contributed by atoms with van der Waals surface area (Å²) in [5.74, 6) is 0. The molecule has 96 valence electrons. The third kappa shape index (κ3) is 4.51. The van der Waals surface area contributed by atoms with Crippen LogP contribution in [0.5, 0.6) is 0 Å². The summed E-state index contributed by atoms with van der Waals surface area (Å²) < 4.78 is 0. The first kappa shape index (κ1) is 14.2. The average molecular weight is 233 g/mol. The zero-order chi connectivity index (χ0) is 13.1. The van der Waals surface area contributed by atoms with Crippen molar-refractivity contribution < 1.29 is 0 Å². The van der Waals surface area contributed by atoms with Crippen molar-refractivity contribution in [1.29, 1.82) is 0 Å². The Kier molecular flexibility index (Phi) is 4.76. The van der Waals surface area contributed by atoms with Crippen LogP contribution >= 0.6 is 0 Å². The Morgan fingerprint density at radius 2 is 1.76 bits per heavy atom. The van der Waals surface area contributed by atoms with Crippen LogP contribution in [0.15, 0.2) is 18.2 Å². The van der Waals surface area contributed by atoms with Gasteiger partial charge in [-0.05, 0) is 55.2 Å². The highest BCUT2D eigenvalue weighted by Crippen LogP contribution is 2.21. The largest absolute Gasteiger partial charge is 0.327 e. The first-order chi connectivity index (χ1) is 7.80. The van der Waals surface area contributed by atoms with E-state index in [-0.39, 0.29) is 5.41 Å². The number of hydrogen-bond acceptors (Lipinski definition) is 1. The lowest BCUT2D eigenvalue weighted by Crippen LogP contribution is -2.34. The normalized spacial score (nSPS) is 13.8. The fourth-order valence-corrected chi connectivity index (χ4v) is 1.92. The Bertz CT molecular complexity index is 360. The van der Waals surface area contributed by atoms with E-state index in [1.165, 1.54) is 23.1 Å². The first-order valence-electron chi connectivity index (χ1n) is 6.62. The second-order valence-electron chi connectivity index (χ2n) is 6.28. The monoisotopic (exact) mass is 233 g/mol. The van der Waals surface area contributed by atoms with Crippen LogP contribution in [0.1, 0.15) is 50.3 Å². The summed E-state index contributed by atoms with van der Waals surface area (Å²) in [6.07, 6.45) is 3.43. The molecule has 1 rings (SSSR count). The molecule has 0 amide bonds. The van der Waals surface area contributed by atoms with Crippen molar-refractivity contribution in [3.05, 3.63) is 34.9 Å². The van der Waals surface area contributed by atoms with Gasteiger partial charge in [-0.25, -0.2) is 0 Å². The van der Waals surface area contributed by atoms with Gasteiger partial charge in [-0.15, -0.1) is 0 Å². The molecule has 0 radical (unpaired) electrons. The molecule has 1 heteroatoms. The van der Waals surface area contributed by atoms with Crippen molar-refractivity contribution >= 4 is 0 Å². The fourth-order valence-electron chi connectivity index (χ4n) is 1.92.